The largest absolute Gasteiger partial charge is 0.0771 e. The summed E-state index contributed by atoms with van der Waals surface area (Å²) >= 11 is 0. The van der Waals surface area contributed by atoms with E-state index in [1.54, 1.807) is 11.1 Å². The summed E-state index contributed by atoms with van der Waals surface area (Å²) in [6, 6.07) is 0. The monoisotopic (exact) mass is 240 g/mol. The van der Waals surface area contributed by atoms with Crippen molar-refractivity contribution in [3.05, 3.63) is 47.6 Å². The molecule has 0 aromatic rings. The third-order valence-corrected chi connectivity index (χ3v) is 5.03. The van der Waals surface area contributed by atoms with E-state index in [1.165, 1.54) is 32.1 Å². The Morgan fingerprint density at radius 2 is 1.39 bits per heavy atom. The molecule has 0 N–H and O–H groups in total. The zero-order chi connectivity index (χ0) is 12.6. The number of allylic oxidation sites excluding steroid dienone is 8. The molecule has 0 saturated heterocycles. The highest BCUT2D eigenvalue weighted by atomic mass is 14.4. The van der Waals surface area contributed by atoms with Gasteiger partial charge in [-0.1, -0.05) is 56.7 Å². The second-order valence-corrected chi connectivity index (χ2v) is 6.59. The average molecular weight is 240 g/mol. The minimum Gasteiger partial charge on any atom is -0.0771 e. The van der Waals surface area contributed by atoms with E-state index in [2.05, 4.69) is 50.3 Å². The van der Waals surface area contributed by atoms with Crippen molar-refractivity contribution in [3.8, 4) is 0 Å². The molecule has 0 bridgehead atoms. The molecule has 1 fully saturated rings. The van der Waals surface area contributed by atoms with Gasteiger partial charge in [0, 0.05) is 11.8 Å². The van der Waals surface area contributed by atoms with E-state index in [1.807, 2.05) is 0 Å². The summed E-state index contributed by atoms with van der Waals surface area (Å²) in [5, 5.41) is 0. The normalized spacial score (nSPS) is 25.0. The lowest BCUT2D eigenvalue weighted by atomic mass is 9.70. The molecular weight excluding hydrogens is 216 g/mol. The third-order valence-electron chi connectivity index (χ3n) is 5.03. The highest BCUT2D eigenvalue weighted by Crippen LogP contribution is 2.46. The molecule has 0 aromatic carbocycles. The quantitative estimate of drug-likeness (QED) is 0.622. The Balaban J connectivity index is 1.84. The maximum absolute atomic E-state index is 2.57. The first-order chi connectivity index (χ1) is 8.68. The van der Waals surface area contributed by atoms with Crippen LogP contribution in [-0.4, -0.2) is 0 Å². The first-order valence-corrected chi connectivity index (χ1v) is 7.45. The lowest BCUT2D eigenvalue weighted by Gasteiger charge is -2.34. The molecule has 0 spiro atoms. The second kappa shape index (κ2) is 4.57. The highest BCUT2D eigenvalue weighted by Gasteiger charge is 2.36. The summed E-state index contributed by atoms with van der Waals surface area (Å²) in [6.07, 6.45) is 21.1. The number of hydrogen-bond donors (Lipinski definition) is 0. The van der Waals surface area contributed by atoms with Crippen molar-refractivity contribution in [2.45, 2.75) is 46.0 Å². The van der Waals surface area contributed by atoms with Crippen LogP contribution in [0.25, 0.3) is 0 Å². The smallest absolute Gasteiger partial charge is 0.00182 e. The van der Waals surface area contributed by atoms with Crippen molar-refractivity contribution in [2.75, 3.05) is 0 Å². The van der Waals surface area contributed by atoms with Crippen LogP contribution in [0.3, 0.4) is 0 Å². The topological polar surface area (TPSA) is 0 Å². The summed E-state index contributed by atoms with van der Waals surface area (Å²) in [7, 11) is 0. The standard InChI is InChI=1S/C18H24/c1-18(2,16-10-6-7-11-16)17-12-14-8-4-3-5-9-15(14)13-17/h6-7,10-13,16-17H,3-5,8-9H2,1-2H3. The van der Waals surface area contributed by atoms with Gasteiger partial charge in [-0.25, -0.2) is 0 Å². The second-order valence-electron chi connectivity index (χ2n) is 6.59. The Kier molecular flexibility index (Phi) is 3.05. The van der Waals surface area contributed by atoms with Gasteiger partial charge < -0.3 is 0 Å². The first-order valence-electron chi connectivity index (χ1n) is 7.45. The van der Waals surface area contributed by atoms with Gasteiger partial charge in [-0.15, -0.1) is 0 Å². The van der Waals surface area contributed by atoms with Gasteiger partial charge in [-0.2, -0.15) is 0 Å². The van der Waals surface area contributed by atoms with Gasteiger partial charge in [0.1, 0.15) is 0 Å². The fourth-order valence-corrected chi connectivity index (χ4v) is 3.57. The van der Waals surface area contributed by atoms with Gasteiger partial charge in [0.05, 0.1) is 0 Å². The van der Waals surface area contributed by atoms with Crippen LogP contribution in [0.5, 0.6) is 0 Å². The Morgan fingerprint density at radius 3 is 1.94 bits per heavy atom. The Bertz CT molecular complexity index is 409. The lowest BCUT2D eigenvalue weighted by molar-refractivity contribution is 0.252. The predicted molar refractivity (Wildman–Crippen MR) is 78.3 cm³/mol. The molecule has 96 valence electrons. The van der Waals surface area contributed by atoms with Crippen molar-refractivity contribution >= 4 is 0 Å². The summed E-state index contributed by atoms with van der Waals surface area (Å²) in [5.41, 5.74) is 3.64. The maximum atomic E-state index is 2.57. The molecule has 0 heteroatoms. The van der Waals surface area contributed by atoms with Crippen LogP contribution < -0.4 is 0 Å². The summed E-state index contributed by atoms with van der Waals surface area (Å²) in [6.45, 7) is 4.84. The van der Waals surface area contributed by atoms with Crippen LogP contribution >= 0.6 is 0 Å². The van der Waals surface area contributed by atoms with Gasteiger partial charge in [-0.05, 0) is 42.2 Å². The Morgan fingerprint density at radius 1 is 0.833 bits per heavy atom. The molecule has 3 rings (SSSR count). The number of fused-ring (bicyclic) bond motifs is 1. The molecule has 0 aliphatic heterocycles. The minimum atomic E-state index is 0.315. The molecule has 0 amide bonds. The molecule has 18 heavy (non-hydrogen) atoms. The van der Waals surface area contributed by atoms with Crippen molar-refractivity contribution < 1.29 is 0 Å². The molecule has 3 aliphatic rings. The fourth-order valence-electron chi connectivity index (χ4n) is 3.57. The van der Waals surface area contributed by atoms with Crippen molar-refractivity contribution in [1.82, 2.24) is 0 Å². The molecule has 3 aliphatic carbocycles. The summed E-state index contributed by atoms with van der Waals surface area (Å²) in [4.78, 5) is 0. The van der Waals surface area contributed by atoms with Gasteiger partial charge >= 0.3 is 0 Å². The van der Waals surface area contributed by atoms with Gasteiger partial charge in [-0.3, -0.25) is 0 Å². The summed E-state index contributed by atoms with van der Waals surface area (Å²) in [5.74, 6) is 1.22. The van der Waals surface area contributed by atoms with Crippen molar-refractivity contribution in [2.24, 2.45) is 17.3 Å². The van der Waals surface area contributed by atoms with E-state index in [9.17, 15) is 0 Å². The molecule has 1 saturated carbocycles. The van der Waals surface area contributed by atoms with Crippen LogP contribution in [-0.2, 0) is 0 Å². The molecular formula is C18H24. The van der Waals surface area contributed by atoms with Crippen LogP contribution in [0.2, 0.25) is 0 Å². The lowest BCUT2D eigenvalue weighted by Crippen LogP contribution is -2.27. The van der Waals surface area contributed by atoms with Gasteiger partial charge in [0.15, 0.2) is 0 Å². The summed E-state index contributed by atoms with van der Waals surface area (Å²) < 4.78 is 0. The van der Waals surface area contributed by atoms with Crippen LogP contribution in [0.4, 0.5) is 0 Å². The zero-order valence-corrected chi connectivity index (χ0v) is 11.7. The van der Waals surface area contributed by atoms with E-state index in [0.717, 1.165) is 0 Å². The predicted octanol–water partition coefficient (Wildman–Crippen LogP) is 5.20. The molecule has 0 heterocycles. The minimum absolute atomic E-state index is 0.315. The third kappa shape index (κ3) is 2.02. The SMILES string of the molecule is CC(C)(C1C=CC=C1)C1C=C2CCCCCC2=C1. The average Bonchev–Trinajstić information content (AvgIpc) is 2.96. The Hall–Kier alpha value is -1.04. The highest BCUT2D eigenvalue weighted by molar-refractivity contribution is 5.41. The molecule has 0 nitrogen and oxygen atoms in total. The molecule has 0 unspecified atom stereocenters. The van der Waals surface area contributed by atoms with Crippen LogP contribution in [0.15, 0.2) is 47.6 Å². The van der Waals surface area contributed by atoms with E-state index in [4.69, 9.17) is 0 Å². The van der Waals surface area contributed by atoms with Gasteiger partial charge in [0.25, 0.3) is 0 Å². The zero-order valence-electron chi connectivity index (χ0n) is 11.7. The van der Waals surface area contributed by atoms with Gasteiger partial charge in [0.2, 0.25) is 0 Å². The molecule has 0 atom stereocenters. The van der Waals surface area contributed by atoms with E-state index in [-0.39, 0.29) is 0 Å². The van der Waals surface area contributed by atoms with E-state index < -0.39 is 0 Å². The molecule has 0 radical (unpaired) electrons. The fraction of sp³-hybridized carbons (Fsp3) is 0.556. The van der Waals surface area contributed by atoms with Crippen LogP contribution in [0.1, 0.15) is 46.0 Å². The number of hydrogen-bond acceptors (Lipinski definition) is 0. The van der Waals surface area contributed by atoms with Crippen molar-refractivity contribution in [1.29, 1.82) is 0 Å². The van der Waals surface area contributed by atoms with Crippen LogP contribution in [0, 0.1) is 17.3 Å². The Labute approximate surface area is 111 Å². The number of rotatable bonds is 2. The first kappa shape index (κ1) is 12.0. The van der Waals surface area contributed by atoms with Crippen molar-refractivity contribution in [3.63, 3.8) is 0 Å². The maximum Gasteiger partial charge on any atom is 0.00182 e. The van der Waals surface area contributed by atoms with E-state index >= 15 is 0 Å². The van der Waals surface area contributed by atoms with E-state index in [0.29, 0.717) is 17.3 Å². The molecule has 0 aromatic heterocycles.